The van der Waals surface area contributed by atoms with Crippen LogP contribution >= 0.6 is 0 Å². The molecule has 0 aromatic heterocycles. The normalized spacial score (nSPS) is 11.1. The summed E-state index contributed by atoms with van der Waals surface area (Å²) < 4.78 is 26.0. The summed E-state index contributed by atoms with van der Waals surface area (Å²) in [5, 5.41) is 13.8. The summed E-state index contributed by atoms with van der Waals surface area (Å²) in [6, 6.07) is 4.53. The van der Waals surface area contributed by atoms with Gasteiger partial charge in [-0.15, -0.1) is 0 Å². The van der Waals surface area contributed by atoms with Crippen LogP contribution in [0, 0.1) is 23.0 Å². The van der Waals surface area contributed by atoms with Crippen LogP contribution in [-0.2, 0) is 4.79 Å². The van der Waals surface area contributed by atoms with Crippen molar-refractivity contribution in [1.82, 2.24) is 5.32 Å². The van der Waals surface area contributed by atoms with Gasteiger partial charge in [-0.1, -0.05) is 0 Å². The fourth-order valence-electron chi connectivity index (χ4n) is 1.24. The lowest BCUT2D eigenvalue weighted by atomic mass is 10.2. The molecule has 0 saturated heterocycles. The van der Waals surface area contributed by atoms with Gasteiger partial charge in [0, 0.05) is 18.3 Å². The summed E-state index contributed by atoms with van der Waals surface area (Å²) >= 11 is 0. The number of rotatable bonds is 4. The topological polar surface area (TPSA) is 64.9 Å². The zero-order valence-electron chi connectivity index (χ0n) is 10.5. The van der Waals surface area contributed by atoms with Crippen molar-refractivity contribution in [2.45, 2.75) is 19.9 Å². The summed E-state index contributed by atoms with van der Waals surface area (Å²) in [4.78, 5) is 11.5. The van der Waals surface area contributed by atoms with Crippen molar-refractivity contribution in [3.63, 3.8) is 0 Å². The van der Waals surface area contributed by atoms with Gasteiger partial charge in [0.2, 0.25) is 0 Å². The second-order valence-electron chi connectivity index (χ2n) is 4.07. The third-order valence-electron chi connectivity index (χ3n) is 2.09. The van der Waals surface area contributed by atoms with Crippen molar-refractivity contribution in [2.24, 2.45) is 0 Å². The predicted octanol–water partition coefficient (Wildman–Crippen LogP) is 2.31. The quantitative estimate of drug-likeness (QED) is 0.648. The summed E-state index contributed by atoms with van der Waals surface area (Å²) in [6.45, 7) is 3.50. The van der Waals surface area contributed by atoms with Crippen molar-refractivity contribution < 1.29 is 13.6 Å². The number of carbonyl (C=O) groups excluding carboxylic acids is 1. The Bertz CT molecular complexity index is 547. The van der Waals surface area contributed by atoms with Crippen molar-refractivity contribution in [3.05, 3.63) is 41.6 Å². The number of carbonyl (C=O) groups is 1. The van der Waals surface area contributed by atoms with Gasteiger partial charge in [0.1, 0.15) is 23.3 Å². The lowest BCUT2D eigenvalue weighted by Crippen LogP contribution is -2.31. The van der Waals surface area contributed by atoms with E-state index in [0.29, 0.717) is 6.07 Å². The molecule has 1 rings (SSSR count). The first-order valence-electron chi connectivity index (χ1n) is 5.56. The zero-order chi connectivity index (χ0) is 14.4. The minimum absolute atomic E-state index is 0.0218. The monoisotopic (exact) mass is 265 g/mol. The van der Waals surface area contributed by atoms with Crippen LogP contribution in [0.2, 0.25) is 0 Å². The minimum atomic E-state index is -0.808. The molecule has 0 heterocycles. The smallest absolute Gasteiger partial charge is 0.263 e. The van der Waals surface area contributed by atoms with Crippen LogP contribution < -0.4 is 10.6 Å². The van der Waals surface area contributed by atoms with Crippen molar-refractivity contribution in [1.29, 1.82) is 5.26 Å². The van der Waals surface area contributed by atoms with Crippen molar-refractivity contribution in [3.8, 4) is 6.07 Å². The largest absolute Gasteiger partial charge is 0.358 e. The Morgan fingerprint density at radius 2 is 2.11 bits per heavy atom. The molecule has 1 aromatic carbocycles. The van der Waals surface area contributed by atoms with E-state index >= 15 is 0 Å². The van der Waals surface area contributed by atoms with Gasteiger partial charge in [0.25, 0.3) is 5.91 Å². The first kappa shape index (κ1) is 14.6. The van der Waals surface area contributed by atoms with E-state index in [1.54, 1.807) is 19.9 Å². The highest BCUT2D eigenvalue weighted by Crippen LogP contribution is 2.15. The number of amides is 1. The Hall–Kier alpha value is -2.42. The third kappa shape index (κ3) is 4.39. The van der Waals surface area contributed by atoms with Gasteiger partial charge < -0.3 is 10.6 Å². The van der Waals surface area contributed by atoms with Crippen LogP contribution in [0.15, 0.2) is 30.0 Å². The van der Waals surface area contributed by atoms with Crippen LogP contribution in [0.5, 0.6) is 0 Å². The third-order valence-corrected chi connectivity index (χ3v) is 2.09. The maximum atomic E-state index is 13.3. The second kappa shape index (κ2) is 6.50. The molecule has 0 unspecified atom stereocenters. The van der Waals surface area contributed by atoms with Crippen LogP contribution in [0.3, 0.4) is 0 Å². The summed E-state index contributed by atoms with van der Waals surface area (Å²) in [6.07, 6.45) is 1.08. The fourth-order valence-corrected chi connectivity index (χ4v) is 1.24. The molecule has 0 aliphatic heterocycles. The van der Waals surface area contributed by atoms with E-state index in [1.165, 1.54) is 6.07 Å². The van der Waals surface area contributed by atoms with Gasteiger partial charge in [-0.3, -0.25) is 4.79 Å². The minimum Gasteiger partial charge on any atom is -0.358 e. The summed E-state index contributed by atoms with van der Waals surface area (Å²) in [5.41, 5.74) is -0.219. The molecule has 0 aliphatic carbocycles. The molecule has 19 heavy (non-hydrogen) atoms. The van der Waals surface area contributed by atoms with Gasteiger partial charge in [0.15, 0.2) is 0 Å². The van der Waals surface area contributed by atoms with Gasteiger partial charge in [0.05, 0.1) is 5.69 Å². The standard InChI is InChI=1S/C13H13F2N3O/c1-8(2)18-13(19)9(6-16)7-17-12-4-3-10(14)5-11(12)15/h3-5,7-8,17H,1-2H3,(H,18,19)/b9-7-. The Labute approximate surface area is 109 Å². The van der Waals surface area contributed by atoms with Crippen LogP contribution in [-0.4, -0.2) is 11.9 Å². The molecule has 0 atom stereocenters. The molecule has 1 amide bonds. The highest BCUT2D eigenvalue weighted by atomic mass is 19.1. The molecular weight excluding hydrogens is 252 g/mol. The highest BCUT2D eigenvalue weighted by molar-refractivity contribution is 5.97. The molecule has 6 heteroatoms. The van der Waals surface area contributed by atoms with E-state index in [1.807, 2.05) is 0 Å². The molecule has 0 saturated carbocycles. The molecule has 0 radical (unpaired) electrons. The van der Waals surface area contributed by atoms with E-state index < -0.39 is 17.5 Å². The van der Waals surface area contributed by atoms with Gasteiger partial charge in [-0.25, -0.2) is 8.78 Å². The number of benzene rings is 1. The Morgan fingerprint density at radius 1 is 1.42 bits per heavy atom. The van der Waals surface area contributed by atoms with E-state index in [2.05, 4.69) is 10.6 Å². The number of nitrogens with zero attached hydrogens (tertiary/aromatic N) is 1. The average molecular weight is 265 g/mol. The maximum absolute atomic E-state index is 13.3. The van der Waals surface area contributed by atoms with E-state index in [-0.39, 0.29) is 17.3 Å². The van der Waals surface area contributed by atoms with E-state index in [9.17, 15) is 13.6 Å². The molecule has 1 aromatic rings. The Balaban J connectivity index is 2.83. The van der Waals surface area contributed by atoms with Gasteiger partial charge in [-0.05, 0) is 26.0 Å². The van der Waals surface area contributed by atoms with E-state index in [4.69, 9.17) is 5.26 Å². The Morgan fingerprint density at radius 3 is 2.63 bits per heavy atom. The van der Waals surface area contributed by atoms with Crippen molar-refractivity contribution >= 4 is 11.6 Å². The predicted molar refractivity (Wildman–Crippen MR) is 67.0 cm³/mol. The fraction of sp³-hybridized carbons (Fsp3) is 0.231. The number of hydrogen-bond acceptors (Lipinski definition) is 3. The highest BCUT2D eigenvalue weighted by Gasteiger charge is 2.10. The number of nitrogens with one attached hydrogen (secondary N) is 2. The number of anilines is 1. The molecule has 0 bridgehead atoms. The zero-order valence-corrected chi connectivity index (χ0v) is 10.5. The van der Waals surface area contributed by atoms with Gasteiger partial charge in [-0.2, -0.15) is 5.26 Å². The van der Waals surface area contributed by atoms with Crippen LogP contribution in [0.25, 0.3) is 0 Å². The molecule has 0 spiro atoms. The molecule has 0 fully saturated rings. The SMILES string of the molecule is CC(C)NC(=O)/C(C#N)=C\Nc1ccc(F)cc1F. The van der Waals surface area contributed by atoms with Crippen LogP contribution in [0.1, 0.15) is 13.8 Å². The molecule has 0 aliphatic rings. The average Bonchev–Trinajstić information content (AvgIpc) is 2.31. The summed E-state index contributed by atoms with van der Waals surface area (Å²) in [5.74, 6) is -2.07. The van der Waals surface area contributed by atoms with E-state index in [0.717, 1.165) is 12.3 Å². The number of halogens is 2. The maximum Gasteiger partial charge on any atom is 0.263 e. The number of hydrogen-bond donors (Lipinski definition) is 2. The molecular formula is C13H13F2N3O. The van der Waals surface area contributed by atoms with Crippen LogP contribution in [0.4, 0.5) is 14.5 Å². The lowest BCUT2D eigenvalue weighted by Gasteiger charge is -2.08. The molecule has 4 nitrogen and oxygen atoms in total. The first-order valence-corrected chi connectivity index (χ1v) is 5.56. The Kier molecular flexibility index (Phi) is 5.01. The second-order valence-corrected chi connectivity index (χ2v) is 4.07. The van der Waals surface area contributed by atoms with Crippen molar-refractivity contribution in [2.75, 3.05) is 5.32 Å². The first-order chi connectivity index (χ1) is 8.93. The molecule has 2 N–H and O–H groups in total. The molecule has 100 valence electrons. The lowest BCUT2D eigenvalue weighted by molar-refractivity contribution is -0.117. The van der Waals surface area contributed by atoms with Gasteiger partial charge >= 0.3 is 0 Å². The summed E-state index contributed by atoms with van der Waals surface area (Å²) in [7, 11) is 0. The number of nitriles is 1.